The zero-order chi connectivity index (χ0) is 19.4. The molecular weight excluding hydrogens is 354 g/mol. The van der Waals surface area contributed by atoms with E-state index in [0.717, 1.165) is 5.69 Å². The van der Waals surface area contributed by atoms with Gasteiger partial charge in [0.2, 0.25) is 0 Å². The van der Waals surface area contributed by atoms with Crippen molar-refractivity contribution >= 4 is 17.4 Å². The summed E-state index contributed by atoms with van der Waals surface area (Å²) in [6, 6.07) is 13.2. The van der Waals surface area contributed by atoms with E-state index in [0.29, 0.717) is 37.3 Å². The highest BCUT2D eigenvalue weighted by atomic mass is 19.3. The number of ether oxygens (including phenoxy) is 1. The van der Waals surface area contributed by atoms with E-state index in [9.17, 15) is 18.4 Å². The third kappa shape index (κ3) is 4.61. The molecule has 1 aliphatic rings. The van der Waals surface area contributed by atoms with Gasteiger partial charge in [-0.15, -0.1) is 0 Å². The molecule has 0 unspecified atom stereocenters. The number of amides is 1. The standard InChI is InChI=1S/C20H20F2N2O3/c1-14(25)15-5-7-17(8-6-15)23-9-11-24(12-10-23)19(26)16-3-2-4-18(13-16)27-20(21)22/h2-8,13,20H,9-12H2,1H3. The number of halogens is 2. The first kappa shape index (κ1) is 18.8. The molecule has 1 aliphatic heterocycles. The molecule has 7 heteroatoms. The highest BCUT2D eigenvalue weighted by Crippen LogP contribution is 2.20. The molecule has 0 bridgehead atoms. The van der Waals surface area contributed by atoms with Crippen LogP contribution in [0.5, 0.6) is 5.75 Å². The fraction of sp³-hybridized carbons (Fsp3) is 0.300. The van der Waals surface area contributed by atoms with E-state index in [1.807, 2.05) is 12.1 Å². The van der Waals surface area contributed by atoms with Gasteiger partial charge in [-0.05, 0) is 49.4 Å². The number of alkyl halides is 2. The molecule has 1 fully saturated rings. The van der Waals surface area contributed by atoms with E-state index in [4.69, 9.17) is 0 Å². The fourth-order valence-corrected chi connectivity index (χ4v) is 3.06. The van der Waals surface area contributed by atoms with Gasteiger partial charge in [-0.3, -0.25) is 9.59 Å². The van der Waals surface area contributed by atoms with Crippen LogP contribution in [0, 0.1) is 0 Å². The number of ketones is 1. The number of benzene rings is 2. The highest BCUT2D eigenvalue weighted by Gasteiger charge is 2.23. The average molecular weight is 374 g/mol. The van der Waals surface area contributed by atoms with Crippen LogP contribution < -0.4 is 9.64 Å². The molecule has 2 aromatic rings. The SMILES string of the molecule is CC(=O)c1ccc(N2CCN(C(=O)c3cccc(OC(F)F)c3)CC2)cc1. The first-order valence-electron chi connectivity index (χ1n) is 8.64. The highest BCUT2D eigenvalue weighted by molar-refractivity contribution is 5.95. The summed E-state index contributed by atoms with van der Waals surface area (Å²) in [6.07, 6.45) is 0. The summed E-state index contributed by atoms with van der Waals surface area (Å²) >= 11 is 0. The van der Waals surface area contributed by atoms with E-state index >= 15 is 0 Å². The number of carbonyl (C=O) groups excluding carboxylic acids is 2. The van der Waals surface area contributed by atoms with Crippen LogP contribution in [0.25, 0.3) is 0 Å². The van der Waals surface area contributed by atoms with Crippen molar-refractivity contribution in [2.75, 3.05) is 31.1 Å². The van der Waals surface area contributed by atoms with Gasteiger partial charge in [0.25, 0.3) is 5.91 Å². The van der Waals surface area contributed by atoms with E-state index in [-0.39, 0.29) is 17.4 Å². The number of hydrogen-bond donors (Lipinski definition) is 0. The van der Waals surface area contributed by atoms with E-state index < -0.39 is 6.61 Å². The maximum absolute atomic E-state index is 12.6. The number of anilines is 1. The topological polar surface area (TPSA) is 49.9 Å². The summed E-state index contributed by atoms with van der Waals surface area (Å²) in [5.74, 6) is -0.212. The lowest BCUT2D eigenvalue weighted by atomic mass is 10.1. The smallest absolute Gasteiger partial charge is 0.387 e. The number of rotatable bonds is 5. The minimum absolute atomic E-state index is 0.0232. The first-order chi connectivity index (χ1) is 12.9. The zero-order valence-electron chi connectivity index (χ0n) is 14.9. The van der Waals surface area contributed by atoms with Crippen LogP contribution in [0.1, 0.15) is 27.6 Å². The lowest BCUT2D eigenvalue weighted by molar-refractivity contribution is -0.0499. The predicted molar refractivity (Wildman–Crippen MR) is 97.6 cm³/mol. The van der Waals surface area contributed by atoms with E-state index in [2.05, 4.69) is 9.64 Å². The van der Waals surface area contributed by atoms with E-state index in [1.54, 1.807) is 23.1 Å². The molecular formula is C20H20F2N2O3. The second kappa shape index (κ2) is 8.16. The molecule has 1 heterocycles. The molecule has 1 amide bonds. The summed E-state index contributed by atoms with van der Waals surface area (Å²) in [7, 11) is 0. The van der Waals surface area contributed by atoms with Crippen molar-refractivity contribution in [1.29, 1.82) is 0 Å². The number of Topliss-reactive ketones (excluding diaryl/α,β-unsaturated/α-hetero) is 1. The normalized spacial score (nSPS) is 14.4. The Morgan fingerprint density at radius 2 is 1.63 bits per heavy atom. The molecule has 0 aromatic heterocycles. The van der Waals surface area contributed by atoms with Crippen LogP contribution in [0.4, 0.5) is 14.5 Å². The van der Waals surface area contributed by atoms with Crippen LogP contribution >= 0.6 is 0 Å². The number of carbonyl (C=O) groups is 2. The minimum atomic E-state index is -2.92. The van der Waals surface area contributed by atoms with Gasteiger partial charge in [0, 0.05) is 43.0 Å². The Morgan fingerprint density at radius 1 is 0.963 bits per heavy atom. The third-order valence-electron chi connectivity index (χ3n) is 4.51. The molecule has 3 rings (SSSR count). The second-order valence-corrected chi connectivity index (χ2v) is 6.29. The lowest BCUT2D eigenvalue weighted by Gasteiger charge is -2.36. The van der Waals surface area contributed by atoms with Gasteiger partial charge in [-0.2, -0.15) is 8.78 Å². The zero-order valence-corrected chi connectivity index (χ0v) is 14.9. The molecule has 0 radical (unpaired) electrons. The molecule has 2 aromatic carbocycles. The number of nitrogens with zero attached hydrogens (tertiary/aromatic N) is 2. The Hall–Kier alpha value is -2.96. The Morgan fingerprint density at radius 3 is 2.22 bits per heavy atom. The Labute approximate surface area is 156 Å². The van der Waals surface area contributed by atoms with Crippen molar-refractivity contribution in [3.8, 4) is 5.75 Å². The Balaban J connectivity index is 1.61. The van der Waals surface area contributed by atoms with Gasteiger partial charge in [0.15, 0.2) is 5.78 Å². The van der Waals surface area contributed by atoms with Gasteiger partial charge >= 0.3 is 6.61 Å². The largest absolute Gasteiger partial charge is 0.435 e. The monoisotopic (exact) mass is 374 g/mol. The van der Waals surface area contributed by atoms with Gasteiger partial charge in [-0.1, -0.05) is 6.07 Å². The van der Waals surface area contributed by atoms with Crippen molar-refractivity contribution in [2.24, 2.45) is 0 Å². The Bertz CT molecular complexity index is 816. The third-order valence-corrected chi connectivity index (χ3v) is 4.51. The van der Waals surface area contributed by atoms with Gasteiger partial charge in [0.05, 0.1) is 0 Å². The first-order valence-corrected chi connectivity index (χ1v) is 8.64. The molecule has 0 spiro atoms. The van der Waals surface area contributed by atoms with E-state index in [1.165, 1.54) is 25.1 Å². The summed E-state index contributed by atoms with van der Waals surface area (Å²) in [4.78, 5) is 27.8. The average Bonchev–Trinajstić information content (AvgIpc) is 2.67. The quantitative estimate of drug-likeness (QED) is 0.752. The lowest BCUT2D eigenvalue weighted by Crippen LogP contribution is -2.48. The number of hydrogen-bond acceptors (Lipinski definition) is 4. The summed E-state index contributed by atoms with van der Waals surface area (Å²) in [5.41, 5.74) is 1.99. The van der Waals surface area contributed by atoms with Crippen molar-refractivity contribution in [3.63, 3.8) is 0 Å². The number of piperazine rings is 1. The van der Waals surface area contributed by atoms with Gasteiger partial charge < -0.3 is 14.5 Å². The van der Waals surface area contributed by atoms with Crippen LogP contribution in [0.15, 0.2) is 48.5 Å². The summed E-state index contributed by atoms with van der Waals surface area (Å²) in [6.45, 7) is 0.950. The van der Waals surface area contributed by atoms with Crippen LogP contribution in [-0.4, -0.2) is 49.4 Å². The summed E-state index contributed by atoms with van der Waals surface area (Å²) < 4.78 is 29.0. The minimum Gasteiger partial charge on any atom is -0.435 e. The second-order valence-electron chi connectivity index (χ2n) is 6.29. The van der Waals surface area contributed by atoms with Crippen LogP contribution in [-0.2, 0) is 0 Å². The van der Waals surface area contributed by atoms with Gasteiger partial charge in [-0.25, -0.2) is 0 Å². The van der Waals surface area contributed by atoms with Gasteiger partial charge in [0.1, 0.15) is 5.75 Å². The molecule has 1 saturated heterocycles. The molecule has 0 aliphatic carbocycles. The maximum Gasteiger partial charge on any atom is 0.387 e. The maximum atomic E-state index is 12.6. The molecule has 142 valence electrons. The molecule has 0 atom stereocenters. The molecule has 0 N–H and O–H groups in total. The summed E-state index contributed by atoms with van der Waals surface area (Å²) in [5, 5.41) is 0. The van der Waals surface area contributed by atoms with Crippen molar-refractivity contribution in [1.82, 2.24) is 4.90 Å². The van der Waals surface area contributed by atoms with Crippen molar-refractivity contribution < 1.29 is 23.1 Å². The molecule has 27 heavy (non-hydrogen) atoms. The predicted octanol–water partition coefficient (Wildman–Crippen LogP) is 3.45. The Kier molecular flexibility index (Phi) is 5.69. The fourth-order valence-electron chi connectivity index (χ4n) is 3.06. The van der Waals surface area contributed by atoms with Crippen LogP contribution in [0.2, 0.25) is 0 Å². The van der Waals surface area contributed by atoms with Crippen LogP contribution in [0.3, 0.4) is 0 Å². The molecule has 5 nitrogen and oxygen atoms in total. The van der Waals surface area contributed by atoms with Crippen molar-refractivity contribution in [3.05, 3.63) is 59.7 Å². The van der Waals surface area contributed by atoms with Crippen molar-refractivity contribution in [2.45, 2.75) is 13.5 Å². The molecule has 0 saturated carbocycles.